The molecule has 0 radical (unpaired) electrons. The van der Waals surface area contributed by atoms with Crippen LogP contribution in [0.15, 0.2) is 0 Å². The standard InChI is InChI=1S/C15H28N2O/c1-11(2)13-4-3-5-14(10-13)16-8-9-17-15(18)12-6-7-12/h11-14,16H,3-10H2,1-2H3,(H,17,18). The first-order valence-corrected chi connectivity index (χ1v) is 7.68. The highest BCUT2D eigenvalue weighted by Crippen LogP contribution is 2.30. The molecule has 2 fully saturated rings. The number of hydrogen-bond donors (Lipinski definition) is 2. The number of hydrogen-bond acceptors (Lipinski definition) is 2. The lowest BCUT2D eigenvalue weighted by molar-refractivity contribution is -0.122. The van der Waals surface area contributed by atoms with E-state index in [0.717, 1.165) is 37.8 Å². The Bertz CT molecular complexity index is 274. The lowest BCUT2D eigenvalue weighted by Gasteiger charge is -2.32. The van der Waals surface area contributed by atoms with Crippen LogP contribution in [0, 0.1) is 17.8 Å². The number of carbonyl (C=O) groups excluding carboxylic acids is 1. The van der Waals surface area contributed by atoms with Crippen molar-refractivity contribution in [3.05, 3.63) is 0 Å². The van der Waals surface area contributed by atoms with Gasteiger partial charge in [-0.25, -0.2) is 0 Å². The molecule has 3 nitrogen and oxygen atoms in total. The summed E-state index contributed by atoms with van der Waals surface area (Å²) in [5, 5.41) is 6.62. The fourth-order valence-electron chi connectivity index (χ4n) is 2.97. The van der Waals surface area contributed by atoms with E-state index in [2.05, 4.69) is 24.5 Å². The molecule has 0 aromatic heterocycles. The molecule has 0 spiro atoms. The van der Waals surface area contributed by atoms with Crippen molar-refractivity contribution in [3.8, 4) is 0 Å². The van der Waals surface area contributed by atoms with Crippen LogP contribution in [0.4, 0.5) is 0 Å². The third-order valence-corrected chi connectivity index (χ3v) is 4.46. The number of carbonyl (C=O) groups is 1. The quantitative estimate of drug-likeness (QED) is 0.712. The summed E-state index contributed by atoms with van der Waals surface area (Å²) in [4.78, 5) is 11.5. The Morgan fingerprint density at radius 2 is 1.94 bits per heavy atom. The van der Waals surface area contributed by atoms with Gasteiger partial charge in [-0.15, -0.1) is 0 Å². The molecule has 0 heterocycles. The molecule has 2 unspecified atom stereocenters. The Morgan fingerprint density at radius 1 is 1.17 bits per heavy atom. The van der Waals surface area contributed by atoms with Crippen LogP contribution in [0.3, 0.4) is 0 Å². The van der Waals surface area contributed by atoms with Crippen molar-refractivity contribution < 1.29 is 4.79 Å². The van der Waals surface area contributed by atoms with Gasteiger partial charge in [0.15, 0.2) is 0 Å². The molecule has 2 rings (SSSR count). The van der Waals surface area contributed by atoms with E-state index in [0.29, 0.717) is 12.0 Å². The molecule has 0 saturated heterocycles. The second-order valence-electron chi connectivity index (χ2n) is 6.39. The van der Waals surface area contributed by atoms with Gasteiger partial charge in [0.1, 0.15) is 0 Å². The van der Waals surface area contributed by atoms with Crippen molar-refractivity contribution in [3.63, 3.8) is 0 Å². The molecule has 2 aliphatic rings. The molecule has 104 valence electrons. The fraction of sp³-hybridized carbons (Fsp3) is 0.933. The van der Waals surface area contributed by atoms with Crippen LogP contribution in [0.5, 0.6) is 0 Å². The van der Waals surface area contributed by atoms with E-state index < -0.39 is 0 Å². The maximum Gasteiger partial charge on any atom is 0.223 e. The van der Waals surface area contributed by atoms with Crippen LogP contribution in [-0.4, -0.2) is 25.0 Å². The van der Waals surface area contributed by atoms with Gasteiger partial charge >= 0.3 is 0 Å². The largest absolute Gasteiger partial charge is 0.355 e. The highest BCUT2D eigenvalue weighted by molar-refractivity contribution is 5.80. The second kappa shape index (κ2) is 6.55. The van der Waals surface area contributed by atoms with Gasteiger partial charge in [0, 0.05) is 25.0 Å². The van der Waals surface area contributed by atoms with E-state index in [1.54, 1.807) is 0 Å². The lowest BCUT2D eigenvalue weighted by atomic mass is 9.79. The first-order chi connectivity index (χ1) is 8.66. The predicted octanol–water partition coefficient (Wildman–Crippen LogP) is 2.32. The number of amides is 1. The smallest absolute Gasteiger partial charge is 0.223 e. The minimum Gasteiger partial charge on any atom is -0.355 e. The first-order valence-electron chi connectivity index (χ1n) is 7.68. The second-order valence-corrected chi connectivity index (χ2v) is 6.39. The van der Waals surface area contributed by atoms with Crippen molar-refractivity contribution in [2.75, 3.05) is 13.1 Å². The van der Waals surface area contributed by atoms with E-state index in [1.165, 1.54) is 25.7 Å². The van der Waals surface area contributed by atoms with Gasteiger partial charge in [0.25, 0.3) is 0 Å². The van der Waals surface area contributed by atoms with Crippen molar-refractivity contribution >= 4 is 5.91 Å². The minimum absolute atomic E-state index is 0.264. The zero-order valence-corrected chi connectivity index (χ0v) is 11.9. The molecule has 0 aromatic carbocycles. The predicted molar refractivity (Wildman–Crippen MR) is 74.3 cm³/mol. The third-order valence-electron chi connectivity index (χ3n) is 4.46. The molecular formula is C15H28N2O. The molecular weight excluding hydrogens is 224 g/mol. The maximum absolute atomic E-state index is 11.5. The Balaban J connectivity index is 1.56. The lowest BCUT2D eigenvalue weighted by Crippen LogP contribution is -2.40. The van der Waals surface area contributed by atoms with Crippen molar-refractivity contribution in [1.82, 2.24) is 10.6 Å². The van der Waals surface area contributed by atoms with Crippen LogP contribution in [-0.2, 0) is 4.79 Å². The van der Waals surface area contributed by atoms with Crippen LogP contribution >= 0.6 is 0 Å². The Hall–Kier alpha value is -0.570. The zero-order valence-electron chi connectivity index (χ0n) is 11.9. The van der Waals surface area contributed by atoms with Crippen LogP contribution in [0.1, 0.15) is 52.4 Å². The third kappa shape index (κ3) is 4.27. The summed E-state index contributed by atoms with van der Waals surface area (Å²) in [6.45, 7) is 6.39. The highest BCUT2D eigenvalue weighted by Gasteiger charge is 2.29. The summed E-state index contributed by atoms with van der Waals surface area (Å²) in [6.07, 6.45) is 7.56. The molecule has 2 N–H and O–H groups in total. The van der Waals surface area contributed by atoms with E-state index in [-0.39, 0.29) is 5.91 Å². The summed E-state index contributed by atoms with van der Waals surface area (Å²) >= 11 is 0. The summed E-state index contributed by atoms with van der Waals surface area (Å²) in [5.74, 6) is 2.30. The topological polar surface area (TPSA) is 41.1 Å². The molecule has 0 aliphatic heterocycles. The monoisotopic (exact) mass is 252 g/mol. The Morgan fingerprint density at radius 3 is 2.61 bits per heavy atom. The van der Waals surface area contributed by atoms with Crippen molar-refractivity contribution in [1.29, 1.82) is 0 Å². The molecule has 3 heteroatoms. The molecule has 1 amide bonds. The molecule has 2 saturated carbocycles. The number of rotatable bonds is 6. The SMILES string of the molecule is CC(C)C1CCCC(NCCNC(=O)C2CC2)C1. The van der Waals surface area contributed by atoms with Crippen LogP contribution in [0.25, 0.3) is 0 Å². The first kappa shape index (κ1) is 13.9. The van der Waals surface area contributed by atoms with E-state index in [9.17, 15) is 4.79 Å². The van der Waals surface area contributed by atoms with Gasteiger partial charge in [-0.3, -0.25) is 4.79 Å². The van der Waals surface area contributed by atoms with E-state index in [1.807, 2.05) is 0 Å². The highest BCUT2D eigenvalue weighted by atomic mass is 16.2. The van der Waals surface area contributed by atoms with Gasteiger partial charge in [-0.05, 0) is 37.5 Å². The molecule has 0 bridgehead atoms. The molecule has 18 heavy (non-hydrogen) atoms. The fourth-order valence-corrected chi connectivity index (χ4v) is 2.97. The molecule has 0 aromatic rings. The maximum atomic E-state index is 11.5. The van der Waals surface area contributed by atoms with Gasteiger partial charge in [0.2, 0.25) is 5.91 Å². The van der Waals surface area contributed by atoms with E-state index >= 15 is 0 Å². The average Bonchev–Trinajstić information content (AvgIpc) is 3.19. The number of nitrogens with one attached hydrogen (secondary N) is 2. The van der Waals surface area contributed by atoms with Gasteiger partial charge < -0.3 is 10.6 Å². The Labute approximate surface area is 111 Å². The Kier molecular flexibility index (Phi) is 5.04. The normalized spacial score (nSPS) is 28.4. The average molecular weight is 252 g/mol. The minimum atomic E-state index is 0.264. The van der Waals surface area contributed by atoms with E-state index in [4.69, 9.17) is 0 Å². The summed E-state index contributed by atoms with van der Waals surface area (Å²) in [6, 6.07) is 0.670. The molecule has 2 atom stereocenters. The van der Waals surface area contributed by atoms with Crippen molar-refractivity contribution in [2.45, 2.75) is 58.4 Å². The van der Waals surface area contributed by atoms with Gasteiger partial charge in [-0.1, -0.05) is 26.7 Å². The van der Waals surface area contributed by atoms with Crippen LogP contribution < -0.4 is 10.6 Å². The molecule has 2 aliphatic carbocycles. The summed E-state index contributed by atoms with van der Waals surface area (Å²) in [5.41, 5.74) is 0. The van der Waals surface area contributed by atoms with Crippen LogP contribution in [0.2, 0.25) is 0 Å². The summed E-state index contributed by atoms with van der Waals surface area (Å²) < 4.78 is 0. The summed E-state index contributed by atoms with van der Waals surface area (Å²) in [7, 11) is 0. The van der Waals surface area contributed by atoms with Gasteiger partial charge in [-0.2, -0.15) is 0 Å². The zero-order chi connectivity index (χ0) is 13.0. The van der Waals surface area contributed by atoms with Gasteiger partial charge in [0.05, 0.1) is 0 Å². The van der Waals surface area contributed by atoms with Crippen molar-refractivity contribution in [2.24, 2.45) is 17.8 Å².